The van der Waals surface area contributed by atoms with Crippen LogP contribution in [0, 0.1) is 6.92 Å². The summed E-state index contributed by atoms with van der Waals surface area (Å²) in [5.74, 6) is 0. The van der Waals surface area contributed by atoms with Crippen LogP contribution in [0.1, 0.15) is 23.7 Å². The molecular formula is C18H24N2O. The summed E-state index contributed by atoms with van der Waals surface area (Å²) in [6, 6.07) is 12.9. The Kier molecular flexibility index (Phi) is 5.90. The molecule has 2 aromatic rings. The third-order valence-corrected chi connectivity index (χ3v) is 3.65. The van der Waals surface area contributed by atoms with Crippen LogP contribution in [0.25, 0.3) is 11.3 Å². The number of methoxy groups -OCH3 is 1. The molecule has 0 saturated heterocycles. The lowest BCUT2D eigenvalue weighted by Gasteiger charge is -2.09. The molecular weight excluding hydrogens is 260 g/mol. The molecule has 0 radical (unpaired) electrons. The molecule has 1 aromatic heterocycles. The van der Waals surface area contributed by atoms with Crippen LogP contribution in [-0.2, 0) is 17.7 Å². The summed E-state index contributed by atoms with van der Waals surface area (Å²) in [4.78, 5) is 4.73. The van der Waals surface area contributed by atoms with Crippen LogP contribution < -0.4 is 5.32 Å². The molecule has 2 rings (SSSR count). The number of pyridine rings is 1. The molecule has 0 aliphatic heterocycles. The summed E-state index contributed by atoms with van der Waals surface area (Å²) >= 11 is 0. The summed E-state index contributed by atoms with van der Waals surface area (Å²) < 4.78 is 5.03. The number of aromatic nitrogens is 1. The minimum absolute atomic E-state index is 0.730. The Hall–Kier alpha value is -1.71. The highest BCUT2D eigenvalue weighted by molar-refractivity contribution is 5.60. The molecule has 0 amide bonds. The lowest BCUT2D eigenvalue weighted by atomic mass is 10.1. The highest BCUT2D eigenvalue weighted by Gasteiger charge is 2.04. The van der Waals surface area contributed by atoms with Crippen LogP contribution in [0.15, 0.2) is 36.4 Å². The first-order chi connectivity index (χ1) is 10.2. The van der Waals surface area contributed by atoms with Gasteiger partial charge in [-0.25, -0.2) is 0 Å². The maximum absolute atomic E-state index is 5.03. The molecule has 3 heteroatoms. The van der Waals surface area contributed by atoms with Crippen molar-refractivity contribution in [1.82, 2.24) is 10.3 Å². The van der Waals surface area contributed by atoms with Gasteiger partial charge in [0.05, 0.1) is 12.3 Å². The van der Waals surface area contributed by atoms with Crippen molar-refractivity contribution in [3.63, 3.8) is 0 Å². The van der Waals surface area contributed by atoms with Crippen molar-refractivity contribution >= 4 is 0 Å². The van der Waals surface area contributed by atoms with Gasteiger partial charge < -0.3 is 10.1 Å². The molecule has 0 spiro atoms. The standard InChI is InChI=1S/C18H24N2O/c1-4-15-5-7-16(8-6-15)18-10-9-17(14(2)20-18)13-19-11-12-21-3/h5-10,19H,4,11-13H2,1-3H3. The van der Waals surface area contributed by atoms with Gasteiger partial charge in [-0.3, -0.25) is 4.98 Å². The zero-order valence-electron chi connectivity index (χ0n) is 13.1. The first-order valence-electron chi connectivity index (χ1n) is 7.50. The SMILES string of the molecule is CCc1ccc(-c2ccc(CNCCOC)c(C)n2)cc1. The largest absolute Gasteiger partial charge is 0.383 e. The molecule has 1 heterocycles. The monoisotopic (exact) mass is 284 g/mol. The Bertz CT molecular complexity index is 564. The van der Waals surface area contributed by atoms with Crippen molar-refractivity contribution in [2.24, 2.45) is 0 Å². The van der Waals surface area contributed by atoms with Crippen LogP contribution in [-0.4, -0.2) is 25.2 Å². The topological polar surface area (TPSA) is 34.1 Å². The molecule has 0 bridgehead atoms. The van der Waals surface area contributed by atoms with Gasteiger partial charge in [0.2, 0.25) is 0 Å². The molecule has 3 nitrogen and oxygen atoms in total. The fraction of sp³-hybridized carbons (Fsp3) is 0.389. The van der Waals surface area contributed by atoms with Crippen molar-refractivity contribution in [3.05, 3.63) is 53.2 Å². The maximum Gasteiger partial charge on any atom is 0.0705 e. The van der Waals surface area contributed by atoms with Crippen molar-refractivity contribution in [1.29, 1.82) is 0 Å². The van der Waals surface area contributed by atoms with Crippen molar-refractivity contribution in [2.45, 2.75) is 26.8 Å². The van der Waals surface area contributed by atoms with Gasteiger partial charge in [0.15, 0.2) is 0 Å². The van der Waals surface area contributed by atoms with Crippen molar-refractivity contribution < 1.29 is 4.74 Å². The number of ether oxygens (including phenoxy) is 1. The number of hydrogen-bond acceptors (Lipinski definition) is 3. The molecule has 0 aliphatic rings. The smallest absolute Gasteiger partial charge is 0.0705 e. The van der Waals surface area contributed by atoms with E-state index in [1.807, 2.05) is 0 Å². The highest BCUT2D eigenvalue weighted by atomic mass is 16.5. The summed E-state index contributed by atoms with van der Waals surface area (Å²) in [6.45, 7) is 6.65. The van der Waals surface area contributed by atoms with Crippen molar-refractivity contribution in [2.75, 3.05) is 20.3 Å². The number of rotatable bonds is 7. The Morgan fingerprint density at radius 1 is 1.10 bits per heavy atom. The average molecular weight is 284 g/mol. The molecule has 0 fully saturated rings. The number of hydrogen-bond donors (Lipinski definition) is 1. The number of benzene rings is 1. The molecule has 0 atom stereocenters. The highest BCUT2D eigenvalue weighted by Crippen LogP contribution is 2.19. The summed E-state index contributed by atoms with van der Waals surface area (Å²) in [5, 5.41) is 3.35. The minimum atomic E-state index is 0.730. The lowest BCUT2D eigenvalue weighted by molar-refractivity contribution is 0.199. The third-order valence-electron chi connectivity index (χ3n) is 3.65. The van der Waals surface area contributed by atoms with E-state index in [0.29, 0.717) is 0 Å². The number of nitrogens with one attached hydrogen (secondary N) is 1. The van der Waals surface area contributed by atoms with Gasteiger partial charge in [0.25, 0.3) is 0 Å². The Morgan fingerprint density at radius 2 is 1.86 bits per heavy atom. The zero-order valence-corrected chi connectivity index (χ0v) is 13.1. The van der Waals surface area contributed by atoms with E-state index in [1.165, 1.54) is 16.7 Å². The molecule has 1 aromatic carbocycles. The molecule has 0 saturated carbocycles. The maximum atomic E-state index is 5.03. The van der Waals surface area contributed by atoms with Gasteiger partial charge >= 0.3 is 0 Å². The summed E-state index contributed by atoms with van der Waals surface area (Å²) in [6.07, 6.45) is 1.07. The van der Waals surface area contributed by atoms with E-state index in [0.717, 1.165) is 37.5 Å². The number of aryl methyl sites for hydroxylation is 2. The fourth-order valence-electron chi connectivity index (χ4n) is 2.25. The zero-order chi connectivity index (χ0) is 15.1. The predicted molar refractivity (Wildman–Crippen MR) is 87.4 cm³/mol. The Morgan fingerprint density at radius 3 is 2.48 bits per heavy atom. The second-order valence-corrected chi connectivity index (χ2v) is 5.16. The molecule has 21 heavy (non-hydrogen) atoms. The second kappa shape index (κ2) is 7.91. The molecule has 0 unspecified atom stereocenters. The molecule has 0 aliphatic carbocycles. The molecule has 1 N–H and O–H groups in total. The molecule has 112 valence electrons. The van der Waals surface area contributed by atoms with Crippen LogP contribution in [0.3, 0.4) is 0 Å². The average Bonchev–Trinajstić information content (AvgIpc) is 2.53. The van der Waals surface area contributed by atoms with Crippen LogP contribution >= 0.6 is 0 Å². The van der Waals surface area contributed by atoms with Crippen molar-refractivity contribution in [3.8, 4) is 11.3 Å². The van der Waals surface area contributed by atoms with Gasteiger partial charge in [0.1, 0.15) is 0 Å². The van der Waals surface area contributed by atoms with E-state index >= 15 is 0 Å². The van der Waals surface area contributed by atoms with Gasteiger partial charge in [-0.2, -0.15) is 0 Å². The Labute approximate surface area is 127 Å². The van der Waals surface area contributed by atoms with Crippen LogP contribution in [0.5, 0.6) is 0 Å². The first-order valence-corrected chi connectivity index (χ1v) is 7.50. The number of nitrogens with zero attached hydrogens (tertiary/aromatic N) is 1. The van der Waals surface area contributed by atoms with E-state index in [9.17, 15) is 0 Å². The van der Waals surface area contributed by atoms with E-state index < -0.39 is 0 Å². The van der Waals surface area contributed by atoms with Gasteiger partial charge in [0, 0.05) is 31.5 Å². The third kappa shape index (κ3) is 4.38. The van der Waals surface area contributed by atoms with Gasteiger partial charge in [-0.15, -0.1) is 0 Å². The van der Waals surface area contributed by atoms with Gasteiger partial charge in [-0.05, 0) is 30.5 Å². The summed E-state index contributed by atoms with van der Waals surface area (Å²) in [5.41, 5.74) is 5.89. The normalized spacial score (nSPS) is 10.8. The van der Waals surface area contributed by atoms with Gasteiger partial charge in [-0.1, -0.05) is 37.3 Å². The Balaban J connectivity index is 2.06. The van der Waals surface area contributed by atoms with E-state index in [1.54, 1.807) is 7.11 Å². The second-order valence-electron chi connectivity index (χ2n) is 5.16. The lowest BCUT2D eigenvalue weighted by Crippen LogP contribution is -2.19. The predicted octanol–water partition coefficient (Wildman–Crippen LogP) is 3.36. The minimum Gasteiger partial charge on any atom is -0.383 e. The van der Waals surface area contributed by atoms with Crippen LogP contribution in [0.2, 0.25) is 0 Å². The van der Waals surface area contributed by atoms with E-state index in [4.69, 9.17) is 9.72 Å². The fourth-order valence-corrected chi connectivity index (χ4v) is 2.25. The van der Waals surface area contributed by atoms with E-state index in [2.05, 4.69) is 55.6 Å². The quantitative estimate of drug-likeness (QED) is 0.792. The first kappa shape index (κ1) is 15.7. The summed E-state index contributed by atoms with van der Waals surface area (Å²) in [7, 11) is 1.72. The van der Waals surface area contributed by atoms with E-state index in [-0.39, 0.29) is 0 Å². The van der Waals surface area contributed by atoms with Crippen LogP contribution in [0.4, 0.5) is 0 Å².